The van der Waals surface area contributed by atoms with Crippen molar-refractivity contribution in [3.8, 4) is 0 Å². The van der Waals surface area contributed by atoms with Crippen LogP contribution in [0.15, 0.2) is 12.7 Å². The van der Waals surface area contributed by atoms with Crippen LogP contribution in [0.4, 0.5) is 0 Å². The highest BCUT2D eigenvalue weighted by atomic mass is 16.1. The van der Waals surface area contributed by atoms with Gasteiger partial charge in [0.1, 0.15) is 24.8 Å². The number of carbonyl (C=O) groups is 1. The Morgan fingerprint density at radius 3 is 2.77 bits per heavy atom. The van der Waals surface area contributed by atoms with Gasteiger partial charge in [-0.2, -0.15) is 0 Å². The maximum atomic E-state index is 10.7. The van der Waals surface area contributed by atoms with Crippen LogP contribution < -0.4 is 0 Å². The molecule has 0 bridgehead atoms. The molecular weight excluding hydrogens is 166 g/mol. The van der Waals surface area contributed by atoms with Gasteiger partial charge in [-0.15, -0.1) is 0 Å². The van der Waals surface area contributed by atoms with Crippen molar-refractivity contribution in [1.82, 2.24) is 15.0 Å². The number of carbonyl (C=O) groups excluding carboxylic acids is 1. The van der Waals surface area contributed by atoms with E-state index in [0.717, 1.165) is 31.4 Å². The highest BCUT2D eigenvalue weighted by Gasteiger charge is 2.29. The summed E-state index contributed by atoms with van der Waals surface area (Å²) in [6, 6.07) is 0. The SMILES string of the molecule is O=CC1CCCC1c1ncncn1. The lowest BCUT2D eigenvalue weighted by Crippen LogP contribution is -2.10. The van der Waals surface area contributed by atoms with Crippen molar-refractivity contribution < 1.29 is 4.79 Å². The zero-order chi connectivity index (χ0) is 9.10. The molecular formula is C9H11N3O. The Morgan fingerprint density at radius 2 is 2.08 bits per heavy atom. The van der Waals surface area contributed by atoms with Gasteiger partial charge in [-0.05, 0) is 12.8 Å². The topological polar surface area (TPSA) is 55.7 Å². The summed E-state index contributed by atoms with van der Waals surface area (Å²) in [4.78, 5) is 22.6. The third kappa shape index (κ3) is 1.56. The van der Waals surface area contributed by atoms with Crippen LogP contribution in [-0.2, 0) is 4.79 Å². The first-order valence-electron chi connectivity index (χ1n) is 4.49. The Labute approximate surface area is 76.4 Å². The summed E-state index contributed by atoms with van der Waals surface area (Å²) in [5.74, 6) is 1.10. The maximum absolute atomic E-state index is 10.7. The van der Waals surface area contributed by atoms with Crippen molar-refractivity contribution in [1.29, 1.82) is 0 Å². The summed E-state index contributed by atoms with van der Waals surface area (Å²) < 4.78 is 0. The minimum Gasteiger partial charge on any atom is -0.303 e. The van der Waals surface area contributed by atoms with Gasteiger partial charge in [0, 0.05) is 11.8 Å². The van der Waals surface area contributed by atoms with Gasteiger partial charge in [0.2, 0.25) is 0 Å². The summed E-state index contributed by atoms with van der Waals surface area (Å²) in [6.45, 7) is 0. The van der Waals surface area contributed by atoms with Crippen LogP contribution in [0, 0.1) is 5.92 Å². The van der Waals surface area contributed by atoms with Crippen molar-refractivity contribution in [2.24, 2.45) is 5.92 Å². The van der Waals surface area contributed by atoms with Crippen LogP contribution in [-0.4, -0.2) is 21.2 Å². The average Bonchev–Trinajstić information content (AvgIpc) is 2.67. The van der Waals surface area contributed by atoms with Crippen molar-refractivity contribution in [3.05, 3.63) is 18.5 Å². The molecule has 0 saturated heterocycles. The largest absolute Gasteiger partial charge is 0.303 e. The fourth-order valence-corrected chi connectivity index (χ4v) is 1.91. The normalized spacial score (nSPS) is 27.4. The van der Waals surface area contributed by atoms with Crippen molar-refractivity contribution in [2.45, 2.75) is 25.2 Å². The second-order valence-corrected chi connectivity index (χ2v) is 3.33. The van der Waals surface area contributed by atoms with E-state index in [0.29, 0.717) is 0 Å². The summed E-state index contributed by atoms with van der Waals surface area (Å²) in [5.41, 5.74) is 0. The van der Waals surface area contributed by atoms with Crippen molar-refractivity contribution in [2.75, 3.05) is 0 Å². The second-order valence-electron chi connectivity index (χ2n) is 3.33. The lowest BCUT2D eigenvalue weighted by Gasteiger charge is -2.10. The van der Waals surface area contributed by atoms with E-state index in [-0.39, 0.29) is 11.8 Å². The van der Waals surface area contributed by atoms with Crippen molar-refractivity contribution in [3.63, 3.8) is 0 Å². The third-order valence-corrected chi connectivity index (χ3v) is 2.59. The first kappa shape index (κ1) is 8.29. The van der Waals surface area contributed by atoms with Gasteiger partial charge in [-0.25, -0.2) is 15.0 Å². The van der Waals surface area contributed by atoms with E-state index < -0.39 is 0 Å². The van der Waals surface area contributed by atoms with Crippen LogP contribution >= 0.6 is 0 Å². The van der Waals surface area contributed by atoms with E-state index in [4.69, 9.17) is 0 Å². The maximum Gasteiger partial charge on any atom is 0.135 e. The molecule has 1 aromatic rings. The highest BCUT2D eigenvalue weighted by molar-refractivity contribution is 5.56. The molecule has 1 aliphatic carbocycles. The van der Waals surface area contributed by atoms with Gasteiger partial charge >= 0.3 is 0 Å². The molecule has 1 saturated carbocycles. The Bertz CT molecular complexity index is 288. The molecule has 0 spiro atoms. The molecule has 0 aliphatic heterocycles. The van der Waals surface area contributed by atoms with Crippen molar-refractivity contribution >= 4 is 6.29 Å². The molecule has 0 N–H and O–H groups in total. The molecule has 0 radical (unpaired) electrons. The molecule has 68 valence electrons. The Kier molecular flexibility index (Phi) is 2.29. The molecule has 2 rings (SSSR count). The first-order valence-corrected chi connectivity index (χ1v) is 4.49. The zero-order valence-electron chi connectivity index (χ0n) is 7.26. The van der Waals surface area contributed by atoms with Crippen LogP contribution in [0.1, 0.15) is 31.0 Å². The van der Waals surface area contributed by atoms with E-state index in [1.165, 1.54) is 12.7 Å². The van der Waals surface area contributed by atoms with Gasteiger partial charge in [0.15, 0.2) is 0 Å². The highest BCUT2D eigenvalue weighted by Crippen LogP contribution is 2.36. The van der Waals surface area contributed by atoms with E-state index in [1.54, 1.807) is 0 Å². The molecule has 1 aliphatic rings. The molecule has 0 aromatic carbocycles. The molecule has 2 atom stereocenters. The monoisotopic (exact) mass is 177 g/mol. The summed E-state index contributed by atoms with van der Waals surface area (Å²) in [5, 5.41) is 0. The number of hydrogen-bond donors (Lipinski definition) is 0. The second kappa shape index (κ2) is 3.60. The quantitative estimate of drug-likeness (QED) is 0.631. The van der Waals surface area contributed by atoms with E-state index in [2.05, 4.69) is 15.0 Å². The van der Waals surface area contributed by atoms with Gasteiger partial charge in [0.25, 0.3) is 0 Å². The van der Waals surface area contributed by atoms with Gasteiger partial charge in [0.05, 0.1) is 0 Å². The molecule has 1 aromatic heterocycles. The first-order chi connectivity index (χ1) is 6.42. The fraction of sp³-hybridized carbons (Fsp3) is 0.556. The molecule has 4 nitrogen and oxygen atoms in total. The Hall–Kier alpha value is -1.32. The number of nitrogens with zero attached hydrogens (tertiary/aromatic N) is 3. The van der Waals surface area contributed by atoms with Crippen LogP contribution in [0.5, 0.6) is 0 Å². The van der Waals surface area contributed by atoms with Crippen LogP contribution in [0.25, 0.3) is 0 Å². The Morgan fingerprint density at radius 1 is 1.31 bits per heavy atom. The lowest BCUT2D eigenvalue weighted by atomic mass is 9.97. The molecule has 0 amide bonds. The standard InChI is InChI=1S/C9H11N3O/c13-4-7-2-1-3-8(7)9-11-5-10-6-12-9/h4-8H,1-3H2. The third-order valence-electron chi connectivity index (χ3n) is 2.59. The van der Waals surface area contributed by atoms with Gasteiger partial charge < -0.3 is 4.79 Å². The number of aromatic nitrogens is 3. The predicted octanol–water partition coefficient (Wildman–Crippen LogP) is 0.954. The predicted molar refractivity (Wildman–Crippen MR) is 46.0 cm³/mol. The summed E-state index contributed by atoms with van der Waals surface area (Å²) >= 11 is 0. The number of rotatable bonds is 2. The molecule has 2 unspecified atom stereocenters. The zero-order valence-corrected chi connectivity index (χ0v) is 7.26. The minimum atomic E-state index is 0.113. The lowest BCUT2D eigenvalue weighted by molar-refractivity contribution is -0.111. The molecule has 1 heterocycles. The van der Waals surface area contributed by atoms with Gasteiger partial charge in [-0.3, -0.25) is 0 Å². The smallest absolute Gasteiger partial charge is 0.135 e. The molecule has 4 heteroatoms. The van der Waals surface area contributed by atoms with E-state index in [1.807, 2.05) is 0 Å². The summed E-state index contributed by atoms with van der Waals surface area (Å²) in [6.07, 6.45) is 7.10. The number of aldehydes is 1. The van der Waals surface area contributed by atoms with E-state index >= 15 is 0 Å². The van der Waals surface area contributed by atoms with Crippen LogP contribution in [0.3, 0.4) is 0 Å². The fourth-order valence-electron chi connectivity index (χ4n) is 1.91. The minimum absolute atomic E-state index is 0.113. The number of hydrogen-bond acceptors (Lipinski definition) is 4. The van der Waals surface area contributed by atoms with Gasteiger partial charge in [-0.1, -0.05) is 6.42 Å². The molecule has 1 fully saturated rings. The van der Waals surface area contributed by atoms with E-state index in [9.17, 15) is 4.79 Å². The Balaban J connectivity index is 2.21. The molecule has 13 heavy (non-hydrogen) atoms. The summed E-state index contributed by atoms with van der Waals surface area (Å²) in [7, 11) is 0. The van der Waals surface area contributed by atoms with Crippen LogP contribution in [0.2, 0.25) is 0 Å². The average molecular weight is 177 g/mol.